The van der Waals surface area contributed by atoms with Gasteiger partial charge in [-0.15, -0.1) is 0 Å². The predicted molar refractivity (Wildman–Crippen MR) is 154 cm³/mol. The van der Waals surface area contributed by atoms with Gasteiger partial charge in [0.1, 0.15) is 16.2 Å². The molecule has 1 saturated carbocycles. The van der Waals surface area contributed by atoms with E-state index in [0.29, 0.717) is 0 Å². The van der Waals surface area contributed by atoms with Crippen molar-refractivity contribution in [3.63, 3.8) is 0 Å². The van der Waals surface area contributed by atoms with Gasteiger partial charge in [0, 0.05) is 5.41 Å². The Morgan fingerprint density at radius 1 is 0.538 bits per heavy atom. The van der Waals surface area contributed by atoms with Gasteiger partial charge in [0.2, 0.25) is 0 Å². The highest BCUT2D eigenvalue weighted by Crippen LogP contribution is 2.84. The molecule has 0 radical (unpaired) electrons. The molecular formula is C15H11Br11. The van der Waals surface area contributed by atoms with E-state index >= 15 is 0 Å². The van der Waals surface area contributed by atoms with Crippen molar-refractivity contribution in [1.82, 2.24) is 0 Å². The Bertz CT molecular complexity index is 661. The number of hydrogen-bond acceptors (Lipinski definition) is 0. The Hall–Kier alpha value is 4.50. The molecule has 1 aliphatic rings. The van der Waals surface area contributed by atoms with Crippen LogP contribution in [0, 0.1) is 0 Å². The summed E-state index contributed by atoms with van der Waals surface area (Å²) in [5.74, 6) is 0. The van der Waals surface area contributed by atoms with E-state index in [1.807, 2.05) is 6.07 Å². The summed E-state index contributed by atoms with van der Waals surface area (Å²) >= 11 is 43.4. The van der Waals surface area contributed by atoms with Crippen LogP contribution in [0.4, 0.5) is 0 Å². The largest absolute Gasteiger partial charge is 0.135 e. The maximum absolute atomic E-state index is 4.15. The minimum atomic E-state index is -0.732. The molecule has 1 aliphatic carbocycles. The van der Waals surface area contributed by atoms with Crippen LogP contribution in [0.5, 0.6) is 0 Å². The lowest BCUT2D eigenvalue weighted by Gasteiger charge is -2.70. The van der Waals surface area contributed by atoms with E-state index in [0.717, 1.165) is 0 Å². The fraction of sp³-hybridized carbons (Fsp3) is 0.600. The molecule has 0 bridgehead atoms. The van der Waals surface area contributed by atoms with E-state index < -0.39 is 20.5 Å². The van der Waals surface area contributed by atoms with Crippen LogP contribution in [0.25, 0.3) is 0 Å². The SMILES string of the molecule is CC(C)(c1ccccc1)C1(Br)C(Br)(Br)C(Br)(Br)C(Br)(Br)C(Br)(Br)C1(Br)Br. The molecule has 26 heavy (non-hydrogen) atoms. The van der Waals surface area contributed by atoms with Crippen LogP contribution < -0.4 is 0 Å². The quantitative estimate of drug-likeness (QED) is 0.259. The zero-order valence-electron chi connectivity index (χ0n) is 13.0. The standard InChI is InChI=1S/C15H11Br11/c1-9(2,8-6-4-3-5-7-8)10(16)11(17,18)13(21,22)15(25,26)14(23,24)12(10,19)20/h3-7H,1-2H3. The van der Waals surface area contributed by atoms with Gasteiger partial charge in [0.05, 0.1) is 4.32 Å². The molecule has 11 heteroatoms. The highest BCUT2D eigenvalue weighted by Gasteiger charge is 2.86. The number of hydrogen-bond donors (Lipinski definition) is 0. The molecule has 0 N–H and O–H groups in total. The lowest BCUT2D eigenvalue weighted by Crippen LogP contribution is -2.82. The van der Waals surface area contributed by atoms with E-state index in [-0.39, 0.29) is 5.41 Å². The van der Waals surface area contributed by atoms with E-state index in [1.54, 1.807) is 0 Å². The third kappa shape index (κ3) is 3.24. The Labute approximate surface area is 246 Å². The number of halogens is 11. The molecule has 148 valence electrons. The Morgan fingerprint density at radius 3 is 1.19 bits per heavy atom. The third-order valence-electron chi connectivity index (χ3n) is 4.80. The molecule has 0 atom stereocenters. The summed E-state index contributed by atoms with van der Waals surface area (Å²) < 4.78 is -4.31. The smallest absolute Gasteiger partial charge is 0.0792 e. The van der Waals surface area contributed by atoms with Gasteiger partial charge in [-0.2, -0.15) is 0 Å². The summed E-state index contributed by atoms with van der Waals surface area (Å²) in [5.41, 5.74) is 0.788. The Morgan fingerprint density at radius 2 is 0.846 bits per heavy atom. The zero-order valence-corrected chi connectivity index (χ0v) is 30.5. The second-order valence-corrected chi connectivity index (χ2v) is 24.9. The first kappa shape index (κ1) is 26.7. The van der Waals surface area contributed by atoms with Gasteiger partial charge in [-0.25, -0.2) is 0 Å². The molecule has 0 unspecified atom stereocenters. The molecule has 0 amide bonds. The minimum Gasteiger partial charge on any atom is -0.0792 e. The second-order valence-electron chi connectivity index (χ2n) is 6.52. The van der Waals surface area contributed by atoms with Gasteiger partial charge in [0.15, 0.2) is 0 Å². The summed E-state index contributed by atoms with van der Waals surface area (Å²) in [6.45, 7) is 4.40. The zero-order chi connectivity index (χ0) is 20.6. The fourth-order valence-electron chi connectivity index (χ4n) is 3.06. The van der Waals surface area contributed by atoms with Crippen LogP contribution in [0.3, 0.4) is 0 Å². The summed E-state index contributed by atoms with van der Waals surface area (Å²) in [6, 6.07) is 10.4. The van der Waals surface area contributed by atoms with Gasteiger partial charge >= 0.3 is 0 Å². The van der Waals surface area contributed by atoms with Crippen molar-refractivity contribution in [3.05, 3.63) is 35.9 Å². The molecule has 0 heterocycles. The lowest BCUT2D eigenvalue weighted by molar-refractivity contribution is 0.281. The summed E-state index contributed by atoms with van der Waals surface area (Å²) in [6.07, 6.45) is 0. The van der Waals surface area contributed by atoms with Crippen LogP contribution >= 0.6 is 175 Å². The molecule has 1 aromatic rings. The van der Waals surface area contributed by atoms with Gasteiger partial charge in [-0.3, -0.25) is 0 Å². The molecule has 0 saturated heterocycles. The Balaban J connectivity index is 2.93. The van der Waals surface area contributed by atoms with Gasteiger partial charge in [-0.1, -0.05) is 219 Å². The van der Waals surface area contributed by atoms with Crippen molar-refractivity contribution < 1.29 is 0 Å². The molecule has 2 rings (SSSR count). The van der Waals surface area contributed by atoms with Crippen LogP contribution in [-0.2, 0) is 5.41 Å². The summed E-state index contributed by atoms with van der Waals surface area (Å²) in [4.78, 5) is 0. The lowest BCUT2D eigenvalue weighted by atomic mass is 9.66. The number of rotatable bonds is 2. The van der Waals surface area contributed by atoms with Crippen molar-refractivity contribution in [2.75, 3.05) is 0 Å². The van der Waals surface area contributed by atoms with E-state index in [4.69, 9.17) is 0 Å². The van der Waals surface area contributed by atoms with Crippen molar-refractivity contribution in [1.29, 1.82) is 0 Å². The maximum atomic E-state index is 4.15. The average Bonchev–Trinajstić information content (AvgIpc) is 2.52. The molecule has 1 aromatic carbocycles. The van der Waals surface area contributed by atoms with E-state index in [9.17, 15) is 0 Å². The van der Waals surface area contributed by atoms with Crippen LogP contribution in [-0.4, -0.2) is 20.5 Å². The highest BCUT2D eigenvalue weighted by molar-refractivity contribution is 9.36. The van der Waals surface area contributed by atoms with Crippen LogP contribution in [0.2, 0.25) is 0 Å². The van der Waals surface area contributed by atoms with Gasteiger partial charge in [0.25, 0.3) is 0 Å². The van der Waals surface area contributed by atoms with Crippen molar-refractivity contribution in [3.8, 4) is 0 Å². The molecule has 0 spiro atoms. The van der Waals surface area contributed by atoms with Crippen LogP contribution in [0.1, 0.15) is 19.4 Å². The first-order chi connectivity index (χ1) is 11.4. The molecular weight excluding hydrogens is 1060 g/mol. The normalized spacial score (nSPS) is 27.7. The predicted octanol–water partition coefficient (Wildman–Crippen LogP) is 10.5. The second kappa shape index (κ2) is 8.07. The van der Waals surface area contributed by atoms with Gasteiger partial charge in [-0.05, 0) is 5.56 Å². The molecule has 0 aliphatic heterocycles. The van der Waals surface area contributed by atoms with Crippen molar-refractivity contribution in [2.24, 2.45) is 0 Å². The van der Waals surface area contributed by atoms with Crippen LogP contribution in [0.15, 0.2) is 30.3 Å². The summed E-state index contributed by atoms with van der Waals surface area (Å²) in [7, 11) is 0. The highest BCUT2D eigenvalue weighted by atomic mass is 79.9. The summed E-state index contributed by atoms with van der Waals surface area (Å²) in [5, 5.41) is 0. The van der Waals surface area contributed by atoms with E-state index in [2.05, 4.69) is 213 Å². The molecule has 0 aromatic heterocycles. The average molecular weight is 1070 g/mol. The van der Waals surface area contributed by atoms with E-state index in [1.165, 1.54) is 5.56 Å². The monoisotopic (exact) mass is 1060 g/mol. The Kier molecular flexibility index (Phi) is 8.30. The third-order valence-corrected chi connectivity index (χ3v) is 29.5. The first-order valence-corrected chi connectivity index (χ1v) is 15.7. The minimum absolute atomic E-state index is 0.385. The first-order valence-electron chi connectivity index (χ1n) is 6.99. The number of alkyl halides is 11. The van der Waals surface area contributed by atoms with Crippen molar-refractivity contribution in [2.45, 2.75) is 39.8 Å². The van der Waals surface area contributed by atoms with Crippen molar-refractivity contribution >= 4 is 175 Å². The topological polar surface area (TPSA) is 0 Å². The maximum Gasteiger partial charge on any atom is 0.135 e. The number of benzene rings is 1. The molecule has 0 nitrogen and oxygen atoms in total. The fourth-order valence-corrected chi connectivity index (χ4v) is 17.1. The van der Waals surface area contributed by atoms with Gasteiger partial charge < -0.3 is 0 Å². The molecule has 1 fully saturated rings.